The van der Waals surface area contributed by atoms with Crippen LogP contribution in [-0.2, 0) is 4.74 Å². The van der Waals surface area contributed by atoms with Crippen molar-refractivity contribution in [3.05, 3.63) is 41.0 Å². The van der Waals surface area contributed by atoms with E-state index in [1.807, 2.05) is 43.9 Å². The number of aromatic nitrogens is 1. The molecule has 0 spiro atoms. The maximum atomic E-state index is 12.7. The largest absolute Gasteiger partial charge is 0.369 e. The van der Waals surface area contributed by atoms with Crippen molar-refractivity contribution in [1.29, 1.82) is 0 Å². The van der Waals surface area contributed by atoms with Crippen LogP contribution in [0.3, 0.4) is 0 Å². The van der Waals surface area contributed by atoms with Gasteiger partial charge in [-0.3, -0.25) is 4.79 Å². The minimum atomic E-state index is -0.340. The first-order chi connectivity index (χ1) is 10.3. The molecular formula is C17H19ClN2O2. The van der Waals surface area contributed by atoms with Crippen LogP contribution in [0.5, 0.6) is 0 Å². The second-order valence-corrected chi connectivity index (χ2v) is 6.84. The van der Waals surface area contributed by atoms with Crippen molar-refractivity contribution >= 4 is 28.4 Å². The van der Waals surface area contributed by atoms with Gasteiger partial charge in [-0.15, -0.1) is 0 Å². The summed E-state index contributed by atoms with van der Waals surface area (Å²) in [5.41, 5.74) is 0.839. The zero-order valence-electron chi connectivity index (χ0n) is 13.0. The first-order valence-corrected chi connectivity index (χ1v) is 7.75. The Labute approximate surface area is 135 Å². The van der Waals surface area contributed by atoms with Crippen molar-refractivity contribution in [2.24, 2.45) is 0 Å². The molecule has 0 saturated carbocycles. The summed E-state index contributed by atoms with van der Waals surface area (Å²) in [6.07, 6.45) is 0.0163. The van der Waals surface area contributed by atoms with E-state index in [1.54, 1.807) is 12.1 Å². The second kappa shape index (κ2) is 5.52. The summed E-state index contributed by atoms with van der Waals surface area (Å²) in [6, 6.07) is 9.17. The lowest BCUT2D eigenvalue weighted by Crippen LogP contribution is -2.53. The standard InChI is InChI=1S/C17H19ClN2O2/c1-11-9-20(10-17(2,3)22-11)16(21)14-7-5-12-4-6-13(18)8-15(12)19-14/h4-8,11H,9-10H2,1-3H3. The van der Waals surface area contributed by atoms with Crippen LogP contribution in [0.1, 0.15) is 31.3 Å². The number of amides is 1. The molecule has 1 unspecified atom stereocenters. The third-order valence-electron chi connectivity index (χ3n) is 3.73. The molecule has 1 saturated heterocycles. The first kappa shape index (κ1) is 15.3. The highest BCUT2D eigenvalue weighted by atomic mass is 35.5. The van der Waals surface area contributed by atoms with Crippen molar-refractivity contribution in [1.82, 2.24) is 9.88 Å². The van der Waals surface area contributed by atoms with Gasteiger partial charge in [0.1, 0.15) is 5.69 Å². The summed E-state index contributed by atoms with van der Waals surface area (Å²) in [7, 11) is 0. The van der Waals surface area contributed by atoms with Crippen molar-refractivity contribution in [2.45, 2.75) is 32.5 Å². The smallest absolute Gasteiger partial charge is 0.272 e. The molecule has 4 nitrogen and oxygen atoms in total. The highest BCUT2D eigenvalue weighted by Crippen LogP contribution is 2.23. The van der Waals surface area contributed by atoms with Crippen molar-refractivity contribution in [2.75, 3.05) is 13.1 Å². The molecule has 1 aliphatic rings. The Balaban J connectivity index is 1.91. The number of nitrogens with zero attached hydrogens (tertiary/aromatic N) is 2. The maximum absolute atomic E-state index is 12.7. The number of carbonyl (C=O) groups is 1. The fourth-order valence-electron chi connectivity index (χ4n) is 2.98. The average molecular weight is 319 g/mol. The average Bonchev–Trinajstić information content (AvgIpc) is 2.43. The van der Waals surface area contributed by atoms with E-state index in [9.17, 15) is 4.79 Å². The molecule has 0 radical (unpaired) electrons. The number of rotatable bonds is 1. The van der Waals surface area contributed by atoms with Gasteiger partial charge in [0.15, 0.2) is 0 Å². The van der Waals surface area contributed by atoms with Gasteiger partial charge >= 0.3 is 0 Å². The van der Waals surface area contributed by atoms with Gasteiger partial charge in [-0.05, 0) is 39.0 Å². The molecule has 22 heavy (non-hydrogen) atoms. The van der Waals surface area contributed by atoms with Crippen LogP contribution in [-0.4, -0.2) is 40.6 Å². The maximum Gasteiger partial charge on any atom is 0.272 e. The third-order valence-corrected chi connectivity index (χ3v) is 3.96. The fraction of sp³-hybridized carbons (Fsp3) is 0.412. The first-order valence-electron chi connectivity index (χ1n) is 7.37. The number of ether oxygens (including phenoxy) is 1. The molecule has 1 aromatic heterocycles. The van der Waals surface area contributed by atoms with Crippen LogP contribution >= 0.6 is 11.6 Å². The summed E-state index contributed by atoms with van der Waals surface area (Å²) in [5, 5.41) is 1.59. The van der Waals surface area contributed by atoms with Gasteiger partial charge in [-0.2, -0.15) is 0 Å². The lowest BCUT2D eigenvalue weighted by Gasteiger charge is -2.41. The topological polar surface area (TPSA) is 42.4 Å². The minimum absolute atomic E-state index is 0.0163. The molecule has 1 amide bonds. The Morgan fingerprint density at radius 3 is 2.82 bits per heavy atom. The number of fused-ring (bicyclic) bond motifs is 1. The van der Waals surface area contributed by atoms with Crippen LogP contribution in [0.25, 0.3) is 10.9 Å². The SMILES string of the molecule is CC1CN(C(=O)c2ccc3ccc(Cl)cc3n2)CC(C)(C)O1. The molecule has 1 fully saturated rings. The highest BCUT2D eigenvalue weighted by molar-refractivity contribution is 6.31. The summed E-state index contributed by atoms with van der Waals surface area (Å²) in [6.45, 7) is 7.12. The van der Waals surface area contributed by atoms with E-state index < -0.39 is 0 Å². The minimum Gasteiger partial charge on any atom is -0.369 e. The van der Waals surface area contributed by atoms with Crippen LogP contribution in [0.2, 0.25) is 5.02 Å². The van der Waals surface area contributed by atoms with Crippen LogP contribution in [0.4, 0.5) is 0 Å². The number of hydrogen-bond donors (Lipinski definition) is 0. The van der Waals surface area contributed by atoms with E-state index >= 15 is 0 Å². The molecule has 2 heterocycles. The molecule has 0 aliphatic carbocycles. The van der Waals surface area contributed by atoms with Gasteiger partial charge < -0.3 is 9.64 Å². The Morgan fingerprint density at radius 2 is 2.09 bits per heavy atom. The highest BCUT2D eigenvalue weighted by Gasteiger charge is 2.34. The second-order valence-electron chi connectivity index (χ2n) is 6.41. The molecule has 0 bridgehead atoms. The molecule has 3 rings (SSSR count). The number of morpholine rings is 1. The zero-order chi connectivity index (χ0) is 15.9. The molecule has 1 aromatic carbocycles. The van der Waals surface area contributed by atoms with E-state index in [0.29, 0.717) is 23.8 Å². The van der Waals surface area contributed by atoms with Gasteiger partial charge in [0.05, 0.1) is 17.2 Å². The van der Waals surface area contributed by atoms with E-state index in [4.69, 9.17) is 16.3 Å². The Morgan fingerprint density at radius 1 is 1.36 bits per heavy atom. The monoisotopic (exact) mass is 318 g/mol. The molecule has 0 N–H and O–H groups in total. The van der Waals surface area contributed by atoms with Crippen LogP contribution in [0, 0.1) is 0 Å². The lowest BCUT2D eigenvalue weighted by molar-refractivity contribution is -0.118. The van der Waals surface area contributed by atoms with Crippen molar-refractivity contribution in [3.8, 4) is 0 Å². The van der Waals surface area contributed by atoms with E-state index in [1.165, 1.54) is 0 Å². The predicted molar refractivity (Wildman–Crippen MR) is 87.3 cm³/mol. The van der Waals surface area contributed by atoms with Gasteiger partial charge in [0.2, 0.25) is 0 Å². The van der Waals surface area contributed by atoms with Crippen LogP contribution in [0.15, 0.2) is 30.3 Å². The summed E-state index contributed by atoms with van der Waals surface area (Å²) in [4.78, 5) is 19.0. The fourth-order valence-corrected chi connectivity index (χ4v) is 3.15. The molecule has 1 aliphatic heterocycles. The van der Waals surface area contributed by atoms with Gasteiger partial charge in [0.25, 0.3) is 5.91 Å². The summed E-state index contributed by atoms with van der Waals surface area (Å²) in [5.74, 6) is -0.0647. The van der Waals surface area contributed by atoms with Gasteiger partial charge in [0, 0.05) is 23.5 Å². The van der Waals surface area contributed by atoms with Crippen LogP contribution < -0.4 is 0 Å². The number of benzene rings is 1. The van der Waals surface area contributed by atoms with Gasteiger partial charge in [-0.1, -0.05) is 23.7 Å². The molecule has 116 valence electrons. The Kier molecular flexibility index (Phi) is 3.83. The molecule has 1 atom stereocenters. The third kappa shape index (κ3) is 3.08. The number of carbonyl (C=O) groups excluding carboxylic acids is 1. The van der Waals surface area contributed by atoms with E-state index in [-0.39, 0.29) is 17.6 Å². The predicted octanol–water partition coefficient (Wildman–Crippen LogP) is 3.53. The van der Waals surface area contributed by atoms with Gasteiger partial charge in [-0.25, -0.2) is 4.98 Å². The molecule has 2 aromatic rings. The molecular weight excluding hydrogens is 300 g/mol. The number of pyridine rings is 1. The normalized spacial score (nSPS) is 21.1. The van der Waals surface area contributed by atoms with E-state index in [0.717, 1.165) is 10.9 Å². The van der Waals surface area contributed by atoms with Crippen molar-refractivity contribution in [3.63, 3.8) is 0 Å². The Bertz CT molecular complexity index is 730. The zero-order valence-corrected chi connectivity index (χ0v) is 13.7. The number of hydrogen-bond acceptors (Lipinski definition) is 3. The van der Waals surface area contributed by atoms with Crippen molar-refractivity contribution < 1.29 is 9.53 Å². The molecule has 5 heteroatoms. The summed E-state index contributed by atoms with van der Waals surface area (Å²) < 4.78 is 5.84. The lowest BCUT2D eigenvalue weighted by atomic mass is 10.0. The Hall–Kier alpha value is -1.65. The summed E-state index contributed by atoms with van der Waals surface area (Å²) >= 11 is 6.00. The quantitative estimate of drug-likeness (QED) is 0.808. The van der Waals surface area contributed by atoms with E-state index in [2.05, 4.69) is 4.98 Å². The number of halogens is 1.